The molecule has 0 bridgehead atoms. The molecule has 0 aromatic carbocycles. The lowest BCUT2D eigenvalue weighted by atomic mass is 9.97. The predicted octanol–water partition coefficient (Wildman–Crippen LogP) is -0.0135. The number of esters is 1. The minimum atomic E-state index is -2.10. The Morgan fingerprint density at radius 2 is 0.734 bits per heavy atom. The third-order valence-corrected chi connectivity index (χ3v) is 20.5. The van der Waals surface area contributed by atoms with Crippen LogP contribution in [0.3, 0.4) is 0 Å². The van der Waals surface area contributed by atoms with Gasteiger partial charge >= 0.3 is 11.9 Å². The van der Waals surface area contributed by atoms with E-state index in [0.717, 1.165) is 38.5 Å². The topological polar surface area (TPSA) is 643 Å². The highest BCUT2D eigenvalue weighted by atomic mass is 16.5. The van der Waals surface area contributed by atoms with Crippen LogP contribution in [0, 0.1) is 47.3 Å². The fourth-order valence-electron chi connectivity index (χ4n) is 13.4. The monoisotopic (exact) mass is 1760 g/mol. The number of amides is 18. The Morgan fingerprint density at radius 3 is 1.13 bits per heavy atom. The molecule has 0 unspecified atom stereocenters. The number of cyclic esters (lactones) is 1. The van der Waals surface area contributed by atoms with Crippen LogP contribution in [0.5, 0.6) is 0 Å². The lowest BCUT2D eigenvalue weighted by molar-refractivity contribution is -0.152. The highest BCUT2D eigenvalue weighted by molar-refractivity contribution is 6.01. The van der Waals surface area contributed by atoms with Gasteiger partial charge in [0.05, 0.1) is 0 Å². The zero-order chi connectivity index (χ0) is 94.5. The number of ether oxygens (including phenoxy) is 1. The summed E-state index contributed by atoms with van der Waals surface area (Å²) in [6, 6.07) is -22.6. The molecule has 704 valence electrons. The van der Waals surface area contributed by atoms with E-state index >= 15 is 9.59 Å². The number of nitrogens with one attached hydrogen (secondary N) is 14. The maximum atomic E-state index is 15.1. The predicted molar refractivity (Wildman–Crippen MR) is 458 cm³/mol. The van der Waals surface area contributed by atoms with Gasteiger partial charge in [-0.3, -0.25) is 91.1 Å². The van der Waals surface area contributed by atoms with Crippen LogP contribution in [0.15, 0.2) is 0 Å². The van der Waals surface area contributed by atoms with E-state index in [4.69, 9.17) is 27.7 Å². The summed E-state index contributed by atoms with van der Waals surface area (Å²) in [6.45, 7) is 27.4. The number of aliphatic carboxylic acids is 1. The van der Waals surface area contributed by atoms with Crippen LogP contribution in [-0.2, 0) is 101 Å². The number of hydrogen-bond acceptors (Lipinski definition) is 21. The van der Waals surface area contributed by atoms with Gasteiger partial charge in [-0.1, -0.05) is 163 Å². The molecule has 0 aromatic rings. The first-order valence-corrected chi connectivity index (χ1v) is 43.7. The molecule has 0 radical (unpaired) electrons. The smallest absolute Gasteiger partial charge is 0.329 e. The molecule has 1 saturated heterocycles. The number of carbonyl (C=O) groups is 20. The minimum absolute atomic E-state index is 0.0444. The Bertz CT molecular complexity index is 3590. The third kappa shape index (κ3) is 44.6. The second-order valence-electron chi connectivity index (χ2n) is 35.2. The van der Waals surface area contributed by atoms with Gasteiger partial charge in [-0.2, -0.15) is 0 Å². The number of unbranched alkanes of at least 4 members (excludes halogenated alkanes) is 6. The molecule has 18 amide bonds. The standard InChI is InChI=1S/C84H146N18O22/c1-18-20-21-22-23-24-25-26-66(107)89-56(37-43(3)4)76(115)94-55(31-36-67(108)109)71(110)90-53(29-34-64(87)105)74(113)100-68(48(13)14)82(121)97-60(41-47(11)12)79(118)92-52(28-33-63(86)104)73(112)99-61-42-124-84(123)70(50(17)19-2)102-75(114)54(30-35-65(88)106)93-77(116)57(38-44(5)6)96-80(119)58(39-45(7)8)95-72(111)51(27-32-62(85)103)91-78(117)59(40-46(9)10)98-83(122)69(49(15)16)101-81(61)120/h43-61,68-70H,18-42H2,1-17H3,(H2,85,103)(H2,86,104)(H2,87,105)(H2,88,106)(H,89,107)(H,90,110)(H,91,117)(H,92,118)(H,93,116)(H,94,115)(H,95,111)(H,96,119)(H,97,121)(H,98,122)(H,99,112)(H,100,113)(H,101,120)(H,102,114)(H,108,109)/t50-,51+,52-,53+,54+,55+,56-,57-,58-,59+,60-,61+,68+,69+,70-/m0/s1. The van der Waals surface area contributed by atoms with Gasteiger partial charge in [0, 0.05) is 38.5 Å². The quantitative estimate of drug-likeness (QED) is 0.0281. The number of hydrogen-bond donors (Lipinski definition) is 19. The first kappa shape index (κ1) is 111. The molecule has 15 atom stereocenters. The average molecular weight is 1760 g/mol. The van der Waals surface area contributed by atoms with Crippen LogP contribution >= 0.6 is 0 Å². The summed E-state index contributed by atoms with van der Waals surface area (Å²) in [5.41, 5.74) is 22.2. The van der Waals surface area contributed by atoms with Gasteiger partial charge in [-0.25, -0.2) is 4.79 Å². The molecular weight excluding hydrogens is 1610 g/mol. The fourth-order valence-corrected chi connectivity index (χ4v) is 13.4. The minimum Gasteiger partial charge on any atom is -0.481 e. The van der Waals surface area contributed by atoms with Gasteiger partial charge < -0.3 is 107 Å². The Labute approximate surface area is 728 Å². The van der Waals surface area contributed by atoms with Gasteiger partial charge in [0.15, 0.2) is 0 Å². The van der Waals surface area contributed by atoms with Crippen molar-refractivity contribution in [2.24, 2.45) is 70.3 Å². The molecule has 0 aliphatic carbocycles. The van der Waals surface area contributed by atoms with E-state index < -0.39 is 297 Å². The Hall–Kier alpha value is -10.6. The van der Waals surface area contributed by atoms with Gasteiger partial charge in [0.25, 0.3) is 0 Å². The second-order valence-corrected chi connectivity index (χ2v) is 35.2. The van der Waals surface area contributed by atoms with E-state index in [9.17, 15) is 91.4 Å². The summed E-state index contributed by atoms with van der Waals surface area (Å²) in [5.74, 6) is -24.5. The summed E-state index contributed by atoms with van der Waals surface area (Å²) in [5, 5.41) is 45.7. The summed E-state index contributed by atoms with van der Waals surface area (Å²) in [4.78, 5) is 280. The molecule has 1 aliphatic heterocycles. The molecular formula is C84H146N18O22. The van der Waals surface area contributed by atoms with Crippen molar-refractivity contribution >= 4 is 118 Å². The highest BCUT2D eigenvalue weighted by Crippen LogP contribution is 2.19. The first-order valence-electron chi connectivity index (χ1n) is 43.7. The molecule has 40 nitrogen and oxygen atoms in total. The van der Waals surface area contributed by atoms with E-state index in [1.54, 1.807) is 76.2 Å². The van der Waals surface area contributed by atoms with Crippen LogP contribution in [0.25, 0.3) is 0 Å². The highest BCUT2D eigenvalue weighted by Gasteiger charge is 2.41. The molecule has 0 saturated carbocycles. The molecule has 1 aliphatic rings. The summed E-state index contributed by atoms with van der Waals surface area (Å²) in [7, 11) is 0. The van der Waals surface area contributed by atoms with Crippen molar-refractivity contribution in [3.05, 3.63) is 0 Å². The molecule has 40 heteroatoms. The Balaban J connectivity index is 4.23. The number of rotatable bonds is 50. The first-order chi connectivity index (χ1) is 57.9. The van der Waals surface area contributed by atoms with Gasteiger partial charge in [0.1, 0.15) is 91.2 Å². The number of carboxylic acid groups (broad SMARTS) is 1. The maximum Gasteiger partial charge on any atom is 0.329 e. The van der Waals surface area contributed by atoms with Crippen LogP contribution < -0.4 is 97.4 Å². The third-order valence-electron chi connectivity index (χ3n) is 20.5. The van der Waals surface area contributed by atoms with Gasteiger partial charge in [-0.15, -0.1) is 0 Å². The Morgan fingerprint density at radius 1 is 0.379 bits per heavy atom. The SMILES string of the molecule is CCCCCCCCCC(=O)N[C@@H](CC(C)C)C(=O)N[C@H](CCC(=O)O)C(=O)N[C@H](CCC(N)=O)C(=O)N[C@@H](C(=O)N[C@@H](CC(C)C)C(=O)N[C@@H](CCC(N)=O)C(=O)N[C@@H]1COC(=O)[C@H]([C@@H](C)CC)NC(=O)[C@@H](CCC(N)=O)NC(=O)[C@H](CC(C)C)NC(=O)[C@H](CC(C)C)NC(=O)[C@@H](CCC(N)=O)NC(=O)[C@@H](CC(C)C)NC(=O)[C@@H](C(C)C)NC1=O)C(C)C. The van der Waals surface area contributed by atoms with E-state index in [2.05, 4.69) is 81.4 Å². The van der Waals surface area contributed by atoms with E-state index in [-0.39, 0.29) is 68.6 Å². The lowest BCUT2D eigenvalue weighted by Gasteiger charge is -2.30. The van der Waals surface area contributed by atoms with Crippen molar-refractivity contribution in [1.29, 1.82) is 0 Å². The summed E-state index contributed by atoms with van der Waals surface area (Å²) < 4.78 is 5.80. The zero-order valence-corrected chi connectivity index (χ0v) is 75.7. The maximum absolute atomic E-state index is 15.1. The summed E-state index contributed by atoms with van der Waals surface area (Å²) >= 11 is 0. The van der Waals surface area contributed by atoms with Crippen LogP contribution in [0.2, 0.25) is 0 Å². The van der Waals surface area contributed by atoms with Gasteiger partial charge in [0.2, 0.25) is 106 Å². The number of carboxylic acids is 1. The molecule has 23 N–H and O–H groups in total. The molecule has 124 heavy (non-hydrogen) atoms. The number of primary amides is 4. The fraction of sp³-hybridized carbons (Fsp3) is 0.762. The van der Waals surface area contributed by atoms with Crippen LogP contribution in [-0.4, -0.2) is 215 Å². The van der Waals surface area contributed by atoms with E-state index in [0.29, 0.717) is 6.42 Å². The largest absolute Gasteiger partial charge is 0.481 e. The molecule has 1 fully saturated rings. The summed E-state index contributed by atoms with van der Waals surface area (Å²) in [6.07, 6.45) is 1.18. The number of carbonyl (C=O) groups excluding carboxylic acids is 19. The van der Waals surface area contributed by atoms with Crippen molar-refractivity contribution < 1.29 is 106 Å². The van der Waals surface area contributed by atoms with Crippen molar-refractivity contribution in [2.75, 3.05) is 6.61 Å². The second kappa shape index (κ2) is 57.8. The zero-order valence-electron chi connectivity index (χ0n) is 75.7. The van der Waals surface area contributed by atoms with E-state index in [1.165, 1.54) is 34.6 Å². The average Bonchev–Trinajstić information content (AvgIpc) is 0.983. The van der Waals surface area contributed by atoms with Crippen LogP contribution in [0.1, 0.15) is 272 Å². The van der Waals surface area contributed by atoms with E-state index in [1.807, 2.05) is 0 Å². The van der Waals surface area contributed by atoms with Crippen molar-refractivity contribution in [3.63, 3.8) is 0 Å². The molecule has 0 aromatic heterocycles. The Kier molecular flexibility index (Phi) is 51.9. The van der Waals surface area contributed by atoms with Crippen LogP contribution in [0.4, 0.5) is 0 Å². The van der Waals surface area contributed by atoms with Gasteiger partial charge in [-0.05, 0) is 118 Å². The number of nitrogens with two attached hydrogens (primary N) is 4. The molecule has 1 heterocycles. The van der Waals surface area contributed by atoms with Crippen molar-refractivity contribution in [3.8, 4) is 0 Å². The molecule has 1 rings (SSSR count). The van der Waals surface area contributed by atoms with Crippen molar-refractivity contribution in [1.82, 2.24) is 74.4 Å². The lowest BCUT2D eigenvalue weighted by Crippen LogP contribution is -2.62. The van der Waals surface area contributed by atoms with Crippen molar-refractivity contribution in [2.45, 2.75) is 356 Å². The molecule has 0 spiro atoms. The normalized spacial score (nSPS) is 20.4.